The number of carbonyl (C=O) groups is 2. The third-order valence-corrected chi connectivity index (χ3v) is 2.70. The first-order valence-electron chi connectivity index (χ1n) is 5.24. The van der Waals surface area contributed by atoms with Crippen molar-refractivity contribution in [3.8, 4) is 6.07 Å². The second kappa shape index (κ2) is 5.10. The number of ketones is 2. The first-order valence-corrected chi connectivity index (χ1v) is 5.24. The van der Waals surface area contributed by atoms with Crippen LogP contribution in [0.1, 0.15) is 0 Å². The van der Waals surface area contributed by atoms with E-state index in [4.69, 9.17) is 5.26 Å². The van der Waals surface area contributed by atoms with Gasteiger partial charge in [-0.2, -0.15) is 44.8 Å². The minimum absolute atomic E-state index is 0.0474. The summed E-state index contributed by atoms with van der Waals surface area (Å²) in [6.45, 7) is 0. The molecule has 0 bridgehead atoms. The van der Waals surface area contributed by atoms with Crippen molar-refractivity contribution < 1.29 is 49.1 Å². The molecule has 0 spiro atoms. The lowest BCUT2D eigenvalue weighted by Gasteiger charge is -2.34. The van der Waals surface area contributed by atoms with Gasteiger partial charge in [-0.05, 0) is 12.2 Å². The van der Waals surface area contributed by atoms with Crippen LogP contribution in [0.5, 0.6) is 0 Å². The molecular weight excluding hydrogens is 349 g/mol. The van der Waals surface area contributed by atoms with Crippen LogP contribution in [0.25, 0.3) is 0 Å². The van der Waals surface area contributed by atoms with Gasteiger partial charge in [0.15, 0.2) is 11.6 Å². The predicted octanol–water partition coefficient (Wildman–Crippen LogP) is 2.98. The Bertz CT molecular complexity index is 664. The molecule has 0 fully saturated rings. The standard InChI is InChI=1S/C11H2F9NO2/c12-8(13,9(14,15)10(16,17)11(18,19)20)7-4(3-21)5(22)1-2-6(7)23/h1-2H. The van der Waals surface area contributed by atoms with E-state index in [0.29, 0.717) is 6.07 Å². The number of rotatable bonds is 3. The van der Waals surface area contributed by atoms with Gasteiger partial charge >= 0.3 is 23.9 Å². The van der Waals surface area contributed by atoms with Crippen molar-refractivity contribution in [2.24, 2.45) is 0 Å². The molecule has 23 heavy (non-hydrogen) atoms. The molecule has 0 heterocycles. The van der Waals surface area contributed by atoms with E-state index in [1.165, 1.54) is 0 Å². The minimum Gasteiger partial charge on any atom is -0.289 e. The zero-order valence-corrected chi connectivity index (χ0v) is 10.3. The van der Waals surface area contributed by atoms with Crippen LogP contribution in [0, 0.1) is 11.3 Å². The van der Waals surface area contributed by atoms with E-state index in [1.807, 2.05) is 0 Å². The fourth-order valence-corrected chi connectivity index (χ4v) is 1.52. The van der Waals surface area contributed by atoms with Gasteiger partial charge in [0.05, 0.1) is 5.57 Å². The molecule has 0 saturated carbocycles. The number of halogens is 9. The van der Waals surface area contributed by atoms with Crippen molar-refractivity contribution in [3.63, 3.8) is 0 Å². The quantitative estimate of drug-likeness (QED) is 0.580. The van der Waals surface area contributed by atoms with Crippen LogP contribution < -0.4 is 0 Å². The Morgan fingerprint density at radius 2 is 1.22 bits per heavy atom. The summed E-state index contributed by atoms with van der Waals surface area (Å²) in [6.07, 6.45) is -6.92. The Hall–Kier alpha value is -2.32. The topological polar surface area (TPSA) is 57.9 Å². The van der Waals surface area contributed by atoms with E-state index in [9.17, 15) is 49.1 Å². The highest BCUT2D eigenvalue weighted by Gasteiger charge is 2.83. The van der Waals surface area contributed by atoms with Gasteiger partial charge in [0.25, 0.3) is 0 Å². The van der Waals surface area contributed by atoms with Gasteiger partial charge in [0.2, 0.25) is 0 Å². The van der Waals surface area contributed by atoms with E-state index in [2.05, 4.69) is 0 Å². The molecule has 1 rings (SSSR count). The van der Waals surface area contributed by atoms with Gasteiger partial charge in [-0.1, -0.05) is 0 Å². The number of hydrogen-bond acceptors (Lipinski definition) is 3. The Morgan fingerprint density at radius 1 is 0.783 bits per heavy atom. The molecule has 1 aliphatic rings. The maximum Gasteiger partial charge on any atom is 0.460 e. The van der Waals surface area contributed by atoms with Crippen LogP contribution in [-0.2, 0) is 9.59 Å². The molecule has 0 aromatic carbocycles. The molecule has 126 valence electrons. The molecule has 0 aromatic rings. The average molecular weight is 351 g/mol. The largest absolute Gasteiger partial charge is 0.460 e. The minimum atomic E-state index is -7.23. The molecule has 0 aromatic heterocycles. The number of hydrogen-bond donors (Lipinski definition) is 0. The zero-order valence-electron chi connectivity index (χ0n) is 10.3. The van der Waals surface area contributed by atoms with Gasteiger partial charge in [-0.15, -0.1) is 0 Å². The lowest BCUT2D eigenvalue weighted by Crippen LogP contribution is -2.62. The summed E-state index contributed by atoms with van der Waals surface area (Å²) in [5.41, 5.74) is -4.67. The Labute approximate surface area is 120 Å². The Kier molecular flexibility index (Phi) is 4.16. The van der Waals surface area contributed by atoms with Crippen molar-refractivity contribution in [1.82, 2.24) is 0 Å². The van der Waals surface area contributed by atoms with Crippen LogP contribution in [-0.4, -0.2) is 35.5 Å². The zero-order chi connectivity index (χ0) is 18.4. The SMILES string of the molecule is N#CC1=C(C(F)(F)C(F)(F)C(F)(F)C(F)(F)F)C(=O)C=CC1=O. The number of nitrogens with zero attached hydrogens (tertiary/aromatic N) is 1. The second-order valence-electron chi connectivity index (χ2n) is 4.14. The van der Waals surface area contributed by atoms with Gasteiger partial charge in [0.1, 0.15) is 11.6 Å². The molecule has 0 saturated heterocycles. The number of alkyl halides is 9. The molecule has 0 radical (unpaired) electrons. The normalized spacial score (nSPS) is 17.6. The number of carbonyl (C=O) groups excluding carboxylic acids is 2. The molecule has 1 aliphatic carbocycles. The van der Waals surface area contributed by atoms with Crippen molar-refractivity contribution in [3.05, 3.63) is 23.3 Å². The second-order valence-corrected chi connectivity index (χ2v) is 4.14. The van der Waals surface area contributed by atoms with Crippen molar-refractivity contribution in [2.45, 2.75) is 23.9 Å². The fraction of sp³-hybridized carbons (Fsp3) is 0.364. The van der Waals surface area contributed by atoms with Gasteiger partial charge in [0, 0.05) is 0 Å². The lowest BCUT2D eigenvalue weighted by molar-refractivity contribution is -0.389. The molecular formula is C11H2F9NO2. The van der Waals surface area contributed by atoms with Crippen LogP contribution in [0.15, 0.2) is 23.3 Å². The molecule has 12 heteroatoms. The lowest BCUT2D eigenvalue weighted by atomic mass is 9.86. The van der Waals surface area contributed by atoms with E-state index in [1.54, 1.807) is 0 Å². The van der Waals surface area contributed by atoms with E-state index < -0.39 is 46.7 Å². The summed E-state index contributed by atoms with van der Waals surface area (Å²) in [6, 6.07) is 0.621. The highest BCUT2D eigenvalue weighted by molar-refractivity contribution is 6.22. The molecule has 0 aliphatic heterocycles. The van der Waals surface area contributed by atoms with Crippen molar-refractivity contribution >= 4 is 11.6 Å². The monoisotopic (exact) mass is 351 g/mol. The Balaban J connectivity index is 3.66. The Morgan fingerprint density at radius 3 is 1.61 bits per heavy atom. The summed E-state index contributed by atoms with van der Waals surface area (Å²) >= 11 is 0. The first-order chi connectivity index (χ1) is 10.1. The highest BCUT2D eigenvalue weighted by Crippen LogP contribution is 2.55. The molecule has 0 amide bonds. The maximum atomic E-state index is 13.6. The van der Waals surface area contributed by atoms with Gasteiger partial charge < -0.3 is 0 Å². The van der Waals surface area contributed by atoms with Crippen molar-refractivity contribution in [2.75, 3.05) is 0 Å². The summed E-state index contributed by atoms with van der Waals surface area (Å²) in [7, 11) is 0. The third kappa shape index (κ3) is 2.49. The van der Waals surface area contributed by atoms with E-state index in [-0.39, 0.29) is 12.2 Å². The average Bonchev–Trinajstić information content (AvgIpc) is 2.38. The molecule has 0 unspecified atom stereocenters. The molecule has 3 nitrogen and oxygen atoms in total. The molecule has 0 atom stereocenters. The van der Waals surface area contributed by atoms with Crippen LogP contribution in [0.2, 0.25) is 0 Å². The third-order valence-electron chi connectivity index (χ3n) is 2.70. The van der Waals surface area contributed by atoms with Crippen LogP contribution in [0.4, 0.5) is 39.5 Å². The summed E-state index contributed by atoms with van der Waals surface area (Å²) < 4.78 is 115. The van der Waals surface area contributed by atoms with Gasteiger partial charge in [-0.25, -0.2) is 0 Å². The summed E-state index contributed by atoms with van der Waals surface area (Å²) in [5, 5.41) is 8.44. The van der Waals surface area contributed by atoms with Crippen LogP contribution in [0.3, 0.4) is 0 Å². The van der Waals surface area contributed by atoms with E-state index in [0.717, 1.165) is 0 Å². The van der Waals surface area contributed by atoms with Gasteiger partial charge in [-0.3, -0.25) is 9.59 Å². The van der Waals surface area contributed by atoms with Crippen LogP contribution >= 0.6 is 0 Å². The predicted molar refractivity (Wildman–Crippen MR) is 52.7 cm³/mol. The highest BCUT2D eigenvalue weighted by atomic mass is 19.4. The number of nitriles is 1. The fourth-order valence-electron chi connectivity index (χ4n) is 1.52. The summed E-state index contributed by atoms with van der Waals surface area (Å²) in [5.74, 6) is -24.7. The first kappa shape index (κ1) is 18.7. The smallest absolute Gasteiger partial charge is 0.289 e. The summed E-state index contributed by atoms with van der Waals surface area (Å²) in [4.78, 5) is 22.3. The van der Waals surface area contributed by atoms with E-state index >= 15 is 0 Å². The molecule has 0 N–H and O–H groups in total. The van der Waals surface area contributed by atoms with Crippen molar-refractivity contribution in [1.29, 1.82) is 5.26 Å². The maximum absolute atomic E-state index is 13.6. The number of allylic oxidation sites excluding steroid dienone is 4.